The first-order chi connectivity index (χ1) is 13.2. The van der Waals surface area contributed by atoms with Crippen molar-refractivity contribution in [2.45, 2.75) is 12.8 Å². The van der Waals surface area contributed by atoms with Gasteiger partial charge in [-0.05, 0) is 6.07 Å². The van der Waals surface area contributed by atoms with Crippen LogP contribution in [0.15, 0.2) is 36.8 Å². The average molecular weight is 403 g/mol. The smallest absolute Gasteiger partial charge is 0.419 e. The molecule has 0 spiro atoms. The molecule has 0 aliphatic heterocycles. The van der Waals surface area contributed by atoms with Crippen LogP contribution in [0.2, 0.25) is 0 Å². The lowest BCUT2D eigenvalue weighted by molar-refractivity contribution is -0.137. The molecule has 0 aromatic carbocycles. The first-order valence-electron chi connectivity index (χ1n) is 7.38. The van der Waals surface area contributed by atoms with Crippen molar-refractivity contribution in [2.75, 3.05) is 7.11 Å². The Kier molecular flexibility index (Phi) is 5.24. The van der Waals surface area contributed by atoms with Crippen molar-refractivity contribution in [3.8, 4) is 29.3 Å². The Hall–Kier alpha value is -3.51. The maximum atomic E-state index is 12.8. The first kappa shape index (κ1) is 19.3. The molecule has 0 atom stereocenters. The summed E-state index contributed by atoms with van der Waals surface area (Å²) in [5.74, 6) is -0.503. The van der Waals surface area contributed by atoms with E-state index in [4.69, 9.17) is 9.47 Å². The molecule has 3 rings (SSSR count). The van der Waals surface area contributed by atoms with Crippen molar-refractivity contribution >= 4 is 0 Å². The molecule has 3 aromatic heterocycles. The van der Waals surface area contributed by atoms with Crippen LogP contribution in [0.3, 0.4) is 0 Å². The molecule has 8 nitrogen and oxygen atoms in total. The number of halogens is 5. The molecule has 13 heteroatoms. The van der Waals surface area contributed by atoms with E-state index in [2.05, 4.69) is 24.8 Å². The lowest BCUT2D eigenvalue weighted by Crippen LogP contribution is -2.05. The molecule has 0 fully saturated rings. The largest absolute Gasteiger partial charge is 0.481 e. The van der Waals surface area contributed by atoms with Crippen molar-refractivity contribution < 1.29 is 36.2 Å². The third kappa shape index (κ3) is 4.61. The molecular weight excluding hydrogens is 393 g/mol. The van der Waals surface area contributed by atoms with Gasteiger partial charge in [-0.2, -0.15) is 37.0 Å². The monoisotopic (exact) mass is 403 g/mol. The molecule has 148 valence electrons. The number of nitrogens with zero attached hydrogens (tertiary/aromatic N) is 5. The Morgan fingerprint density at radius 3 is 2.54 bits per heavy atom. The predicted octanol–water partition coefficient (Wildman–Crippen LogP) is 3.48. The van der Waals surface area contributed by atoms with Gasteiger partial charge in [0.1, 0.15) is 5.75 Å². The molecule has 0 N–H and O–H groups in total. The molecule has 0 amide bonds. The van der Waals surface area contributed by atoms with Gasteiger partial charge in [-0.25, -0.2) is 9.67 Å². The van der Waals surface area contributed by atoms with Gasteiger partial charge in [0, 0.05) is 24.5 Å². The maximum absolute atomic E-state index is 12.8. The molecule has 3 heterocycles. The number of aromatic nitrogens is 5. The third-order valence-corrected chi connectivity index (χ3v) is 3.15. The summed E-state index contributed by atoms with van der Waals surface area (Å²) >= 11 is 0. The standard InChI is InChI=1S/C15H10F5N5O3/c1-26-12-5-10(25-7-8(6-22-25)15(18,19)20)23-14(24-12)27-9-2-3-21-11(4-9)28-13(16)17/h2-7,13H,1H3. The Labute approximate surface area is 153 Å². The second kappa shape index (κ2) is 7.62. The maximum Gasteiger partial charge on any atom is 0.419 e. The molecule has 3 aromatic rings. The SMILES string of the molecule is COc1cc(-n2cc(C(F)(F)F)cn2)nc(Oc2ccnc(OC(F)F)c2)n1. The van der Waals surface area contributed by atoms with Crippen molar-refractivity contribution in [3.05, 3.63) is 42.4 Å². The topological polar surface area (TPSA) is 84.2 Å². The second-order valence-corrected chi connectivity index (χ2v) is 5.03. The number of ether oxygens (including phenoxy) is 3. The van der Waals surface area contributed by atoms with Gasteiger partial charge in [-0.15, -0.1) is 0 Å². The van der Waals surface area contributed by atoms with Gasteiger partial charge in [-0.3, -0.25) is 0 Å². The van der Waals surface area contributed by atoms with Crippen molar-refractivity contribution in [2.24, 2.45) is 0 Å². The lowest BCUT2D eigenvalue weighted by Gasteiger charge is -2.09. The average Bonchev–Trinajstić information content (AvgIpc) is 3.12. The lowest BCUT2D eigenvalue weighted by atomic mass is 10.4. The molecule has 0 radical (unpaired) electrons. The molecule has 0 aliphatic carbocycles. The van der Waals surface area contributed by atoms with Crippen LogP contribution in [-0.4, -0.2) is 38.5 Å². The number of alkyl halides is 5. The minimum atomic E-state index is -4.58. The highest BCUT2D eigenvalue weighted by Crippen LogP contribution is 2.30. The van der Waals surface area contributed by atoms with Gasteiger partial charge in [0.05, 0.1) is 18.9 Å². The molecule has 0 aliphatic rings. The van der Waals surface area contributed by atoms with E-state index in [1.165, 1.54) is 19.2 Å². The van der Waals surface area contributed by atoms with E-state index in [0.29, 0.717) is 6.20 Å². The highest BCUT2D eigenvalue weighted by Gasteiger charge is 2.32. The summed E-state index contributed by atoms with van der Waals surface area (Å²) in [5.41, 5.74) is -0.976. The van der Waals surface area contributed by atoms with E-state index in [-0.39, 0.29) is 23.5 Å². The summed E-state index contributed by atoms with van der Waals surface area (Å²) in [6, 6.07) is 3.28. The Morgan fingerprint density at radius 2 is 1.89 bits per heavy atom. The van der Waals surface area contributed by atoms with Crippen LogP contribution in [0.4, 0.5) is 22.0 Å². The number of methoxy groups -OCH3 is 1. The third-order valence-electron chi connectivity index (χ3n) is 3.15. The minimum Gasteiger partial charge on any atom is -0.481 e. The van der Waals surface area contributed by atoms with Crippen LogP contribution in [-0.2, 0) is 6.18 Å². The molecule has 0 saturated carbocycles. The first-order valence-corrected chi connectivity index (χ1v) is 7.38. The van der Waals surface area contributed by atoms with E-state index < -0.39 is 24.2 Å². The van der Waals surface area contributed by atoms with Crippen LogP contribution in [0, 0.1) is 0 Å². The Bertz CT molecular complexity index is 963. The highest BCUT2D eigenvalue weighted by atomic mass is 19.4. The van der Waals surface area contributed by atoms with Gasteiger partial charge >= 0.3 is 18.8 Å². The predicted molar refractivity (Wildman–Crippen MR) is 81.7 cm³/mol. The number of hydrogen-bond donors (Lipinski definition) is 0. The van der Waals surface area contributed by atoms with Gasteiger partial charge in [0.25, 0.3) is 0 Å². The van der Waals surface area contributed by atoms with Gasteiger partial charge < -0.3 is 14.2 Å². The fourth-order valence-corrected chi connectivity index (χ4v) is 1.97. The van der Waals surface area contributed by atoms with E-state index >= 15 is 0 Å². The fourth-order valence-electron chi connectivity index (χ4n) is 1.97. The number of pyridine rings is 1. The van der Waals surface area contributed by atoms with Crippen LogP contribution >= 0.6 is 0 Å². The number of hydrogen-bond acceptors (Lipinski definition) is 7. The zero-order valence-electron chi connectivity index (χ0n) is 13.9. The van der Waals surface area contributed by atoms with Crippen LogP contribution in [0.25, 0.3) is 5.82 Å². The van der Waals surface area contributed by atoms with Crippen LogP contribution in [0.1, 0.15) is 5.56 Å². The van der Waals surface area contributed by atoms with Crippen LogP contribution < -0.4 is 14.2 Å². The molecule has 0 saturated heterocycles. The second-order valence-electron chi connectivity index (χ2n) is 5.03. The van der Waals surface area contributed by atoms with Crippen molar-refractivity contribution in [3.63, 3.8) is 0 Å². The summed E-state index contributed by atoms with van der Waals surface area (Å²) in [6.45, 7) is -3.08. The van der Waals surface area contributed by atoms with Crippen molar-refractivity contribution in [1.82, 2.24) is 24.7 Å². The zero-order chi connectivity index (χ0) is 20.3. The van der Waals surface area contributed by atoms with Gasteiger partial charge in [0.2, 0.25) is 11.8 Å². The summed E-state index contributed by atoms with van der Waals surface area (Å²) in [5, 5.41) is 3.61. The Morgan fingerprint density at radius 1 is 1.11 bits per heavy atom. The number of rotatable bonds is 6. The normalized spacial score (nSPS) is 11.5. The van der Waals surface area contributed by atoms with Gasteiger partial charge in [0.15, 0.2) is 5.82 Å². The van der Waals surface area contributed by atoms with E-state index in [1.807, 2.05) is 0 Å². The summed E-state index contributed by atoms with van der Waals surface area (Å²) in [7, 11) is 1.28. The van der Waals surface area contributed by atoms with Crippen LogP contribution in [0.5, 0.6) is 23.5 Å². The highest BCUT2D eigenvalue weighted by molar-refractivity contribution is 5.33. The fraction of sp³-hybridized carbons (Fsp3) is 0.200. The van der Waals surface area contributed by atoms with Gasteiger partial charge in [-0.1, -0.05) is 0 Å². The molecule has 0 bridgehead atoms. The summed E-state index contributed by atoms with van der Waals surface area (Å²) in [6.07, 6.45) is -2.07. The van der Waals surface area contributed by atoms with E-state index in [0.717, 1.165) is 23.1 Å². The quantitative estimate of drug-likeness (QED) is 0.583. The summed E-state index contributed by atoms with van der Waals surface area (Å²) in [4.78, 5) is 11.4. The zero-order valence-corrected chi connectivity index (χ0v) is 13.9. The van der Waals surface area contributed by atoms with Crippen molar-refractivity contribution in [1.29, 1.82) is 0 Å². The molecular formula is C15H10F5N5O3. The minimum absolute atomic E-state index is 0.00120. The van der Waals surface area contributed by atoms with E-state index in [1.54, 1.807) is 0 Å². The molecule has 28 heavy (non-hydrogen) atoms. The summed E-state index contributed by atoms with van der Waals surface area (Å²) < 4.78 is 78.1. The molecule has 0 unspecified atom stereocenters. The Balaban J connectivity index is 1.90. The van der Waals surface area contributed by atoms with E-state index in [9.17, 15) is 22.0 Å².